The predicted molar refractivity (Wildman–Crippen MR) is 56.4 cm³/mol. The first-order valence-electron chi connectivity index (χ1n) is 4.40. The van der Waals surface area contributed by atoms with E-state index in [9.17, 15) is 17.6 Å². The van der Waals surface area contributed by atoms with E-state index in [1.54, 1.807) is 0 Å². The van der Waals surface area contributed by atoms with E-state index in [4.69, 9.17) is 16.3 Å². The number of alkyl halides is 3. The first-order chi connectivity index (χ1) is 8.38. The number of rotatable bonds is 2. The largest absolute Gasteiger partial charge is 0.436 e. The van der Waals surface area contributed by atoms with Crippen molar-refractivity contribution in [2.24, 2.45) is 0 Å². The molecule has 2 aromatic rings. The first-order valence-corrected chi connectivity index (χ1v) is 5.51. The lowest BCUT2D eigenvalue weighted by atomic mass is 10.2. The Morgan fingerprint density at radius 1 is 1.22 bits per heavy atom. The molecule has 0 radical (unpaired) electrons. The minimum atomic E-state index is -4.80. The zero-order valence-electron chi connectivity index (χ0n) is 8.33. The molecule has 0 bridgehead atoms. The van der Waals surface area contributed by atoms with Crippen molar-refractivity contribution in [1.82, 2.24) is 8.75 Å². The number of benzene rings is 1. The Morgan fingerprint density at radius 3 is 2.50 bits per heavy atom. The maximum absolute atomic E-state index is 13.0. The van der Waals surface area contributed by atoms with Gasteiger partial charge in [0.25, 0.3) is 5.88 Å². The van der Waals surface area contributed by atoms with Crippen molar-refractivity contribution >= 4 is 23.3 Å². The fourth-order valence-electron chi connectivity index (χ4n) is 1.13. The summed E-state index contributed by atoms with van der Waals surface area (Å²) in [7, 11) is 0. The molecular formula is C9H3ClF4N2OS. The molecule has 1 aromatic carbocycles. The Hall–Kier alpha value is -1.41. The van der Waals surface area contributed by atoms with Gasteiger partial charge in [0.2, 0.25) is 5.15 Å². The third-order valence-electron chi connectivity index (χ3n) is 1.88. The fraction of sp³-hybridized carbons (Fsp3) is 0.111. The number of ether oxygens (including phenoxy) is 1. The van der Waals surface area contributed by atoms with Crippen molar-refractivity contribution < 1.29 is 22.3 Å². The Morgan fingerprint density at radius 2 is 1.94 bits per heavy atom. The average Bonchev–Trinajstić information content (AvgIpc) is 2.66. The minimum absolute atomic E-state index is 0.0714. The van der Waals surface area contributed by atoms with Gasteiger partial charge in [0.1, 0.15) is 11.6 Å². The maximum atomic E-state index is 13.0. The molecule has 1 heterocycles. The van der Waals surface area contributed by atoms with Crippen LogP contribution in [0, 0.1) is 5.82 Å². The fourth-order valence-corrected chi connectivity index (χ4v) is 1.74. The zero-order valence-corrected chi connectivity index (χ0v) is 9.91. The molecule has 0 saturated heterocycles. The second-order valence-electron chi connectivity index (χ2n) is 3.10. The summed E-state index contributed by atoms with van der Waals surface area (Å²) in [6, 6.07) is 2.23. The molecule has 1 aromatic heterocycles. The average molecular weight is 299 g/mol. The van der Waals surface area contributed by atoms with E-state index in [1.165, 1.54) is 0 Å². The van der Waals surface area contributed by atoms with Crippen molar-refractivity contribution in [3.8, 4) is 11.6 Å². The van der Waals surface area contributed by atoms with E-state index in [0.717, 1.165) is 17.8 Å². The predicted octanol–water partition coefficient (Wildman–Crippen LogP) is 4.14. The number of aromatic nitrogens is 2. The van der Waals surface area contributed by atoms with Crippen LogP contribution in [0.3, 0.4) is 0 Å². The lowest BCUT2D eigenvalue weighted by molar-refractivity contribution is -0.140. The number of nitrogens with zero attached hydrogens (tertiary/aromatic N) is 2. The summed E-state index contributed by atoms with van der Waals surface area (Å²) in [5, 5.41) is -0.0714. The first kappa shape index (κ1) is 13.0. The molecule has 18 heavy (non-hydrogen) atoms. The van der Waals surface area contributed by atoms with E-state index >= 15 is 0 Å². The SMILES string of the molecule is Fc1ccc(Oc2nsnc2Cl)cc1C(F)(F)F. The third kappa shape index (κ3) is 2.70. The second kappa shape index (κ2) is 4.69. The highest BCUT2D eigenvalue weighted by atomic mass is 35.5. The van der Waals surface area contributed by atoms with Crippen molar-refractivity contribution in [1.29, 1.82) is 0 Å². The van der Waals surface area contributed by atoms with Crippen LogP contribution in [0.25, 0.3) is 0 Å². The lowest BCUT2D eigenvalue weighted by Gasteiger charge is -2.09. The molecule has 0 N–H and O–H groups in total. The van der Waals surface area contributed by atoms with Crippen LogP contribution < -0.4 is 4.74 Å². The Bertz CT molecular complexity index is 572. The van der Waals surface area contributed by atoms with Gasteiger partial charge in [-0.05, 0) is 18.2 Å². The third-order valence-corrected chi connectivity index (χ3v) is 2.74. The smallest absolute Gasteiger partial charge is 0.419 e. The van der Waals surface area contributed by atoms with Crippen LogP contribution in [-0.2, 0) is 6.18 Å². The summed E-state index contributed by atoms with van der Waals surface area (Å²) in [5.41, 5.74) is -1.42. The topological polar surface area (TPSA) is 35.0 Å². The van der Waals surface area contributed by atoms with Crippen LogP contribution in [0.1, 0.15) is 5.56 Å². The monoisotopic (exact) mass is 298 g/mol. The number of hydrogen-bond donors (Lipinski definition) is 0. The van der Waals surface area contributed by atoms with Gasteiger partial charge in [0.15, 0.2) is 0 Å². The van der Waals surface area contributed by atoms with Gasteiger partial charge in [-0.25, -0.2) is 4.39 Å². The van der Waals surface area contributed by atoms with Gasteiger partial charge in [-0.3, -0.25) is 0 Å². The van der Waals surface area contributed by atoms with E-state index < -0.39 is 17.6 Å². The molecule has 0 aliphatic carbocycles. The molecule has 0 unspecified atom stereocenters. The van der Waals surface area contributed by atoms with Gasteiger partial charge >= 0.3 is 6.18 Å². The molecule has 0 saturated carbocycles. The summed E-state index contributed by atoms with van der Waals surface area (Å²) in [5.74, 6) is -1.72. The van der Waals surface area contributed by atoms with Crippen molar-refractivity contribution in [3.05, 3.63) is 34.7 Å². The van der Waals surface area contributed by atoms with Crippen LogP contribution >= 0.6 is 23.3 Å². The maximum Gasteiger partial charge on any atom is 0.419 e. The summed E-state index contributed by atoms with van der Waals surface area (Å²) >= 11 is 6.31. The second-order valence-corrected chi connectivity index (χ2v) is 3.99. The van der Waals surface area contributed by atoms with Crippen LogP contribution in [0.5, 0.6) is 11.6 Å². The van der Waals surface area contributed by atoms with E-state index in [0.29, 0.717) is 12.1 Å². The van der Waals surface area contributed by atoms with Gasteiger partial charge in [-0.2, -0.15) is 17.5 Å². The summed E-state index contributed by atoms with van der Waals surface area (Å²) < 4.78 is 62.5. The highest BCUT2D eigenvalue weighted by molar-refractivity contribution is 6.99. The van der Waals surface area contributed by atoms with Gasteiger partial charge in [0.05, 0.1) is 17.3 Å². The summed E-state index contributed by atoms with van der Waals surface area (Å²) in [6.45, 7) is 0. The highest BCUT2D eigenvalue weighted by Gasteiger charge is 2.34. The normalized spacial score (nSPS) is 11.6. The Labute approximate surface area is 107 Å². The van der Waals surface area contributed by atoms with E-state index in [2.05, 4.69) is 8.75 Å². The minimum Gasteiger partial charge on any atom is -0.436 e. The van der Waals surface area contributed by atoms with E-state index in [1.807, 2.05) is 0 Å². The molecule has 0 aliphatic rings. The number of halogens is 5. The van der Waals surface area contributed by atoms with Crippen molar-refractivity contribution in [2.75, 3.05) is 0 Å². The lowest BCUT2D eigenvalue weighted by Crippen LogP contribution is -2.08. The molecule has 0 atom stereocenters. The molecule has 2 rings (SSSR count). The van der Waals surface area contributed by atoms with Gasteiger partial charge in [-0.1, -0.05) is 11.6 Å². The Balaban J connectivity index is 2.33. The van der Waals surface area contributed by atoms with Crippen LogP contribution in [0.2, 0.25) is 5.15 Å². The van der Waals surface area contributed by atoms with Crippen molar-refractivity contribution in [3.63, 3.8) is 0 Å². The van der Waals surface area contributed by atoms with Gasteiger partial charge in [-0.15, -0.1) is 4.37 Å². The van der Waals surface area contributed by atoms with Crippen molar-refractivity contribution in [2.45, 2.75) is 6.18 Å². The molecule has 3 nitrogen and oxygen atoms in total. The molecular weight excluding hydrogens is 296 g/mol. The van der Waals surface area contributed by atoms with Crippen LogP contribution in [-0.4, -0.2) is 8.75 Å². The molecule has 0 fully saturated rings. The zero-order chi connectivity index (χ0) is 13.3. The standard InChI is InChI=1S/C9H3ClF4N2OS/c10-7-8(16-18-15-7)17-4-1-2-6(11)5(3-4)9(12,13)14/h1-3H. The van der Waals surface area contributed by atoms with Gasteiger partial charge in [0, 0.05) is 0 Å². The quantitative estimate of drug-likeness (QED) is 0.782. The van der Waals surface area contributed by atoms with Crippen LogP contribution in [0.15, 0.2) is 18.2 Å². The van der Waals surface area contributed by atoms with E-state index in [-0.39, 0.29) is 16.8 Å². The van der Waals surface area contributed by atoms with Crippen LogP contribution in [0.4, 0.5) is 17.6 Å². The molecule has 0 spiro atoms. The molecule has 9 heteroatoms. The Kier molecular flexibility index (Phi) is 3.40. The highest BCUT2D eigenvalue weighted by Crippen LogP contribution is 2.35. The molecule has 0 aliphatic heterocycles. The van der Waals surface area contributed by atoms with Gasteiger partial charge < -0.3 is 4.74 Å². The summed E-state index contributed by atoms with van der Waals surface area (Å²) in [4.78, 5) is 0. The number of hydrogen-bond acceptors (Lipinski definition) is 4. The molecule has 96 valence electrons. The summed E-state index contributed by atoms with van der Waals surface area (Å²) in [6.07, 6.45) is -4.80. The molecule has 0 amide bonds.